The lowest BCUT2D eigenvalue weighted by Crippen LogP contribution is -2.52. The number of ether oxygens (including phenoxy) is 2. The number of rotatable bonds is 2. The predicted molar refractivity (Wildman–Crippen MR) is 83.6 cm³/mol. The van der Waals surface area contributed by atoms with Crippen molar-refractivity contribution in [1.82, 2.24) is 0 Å². The molecule has 4 nitrogen and oxygen atoms in total. The van der Waals surface area contributed by atoms with E-state index < -0.39 is 23.1 Å². The molecule has 0 radical (unpaired) electrons. The molecule has 0 aliphatic carbocycles. The van der Waals surface area contributed by atoms with E-state index in [4.69, 9.17) is 9.47 Å². The van der Waals surface area contributed by atoms with Gasteiger partial charge in [-0.2, -0.15) is 0 Å². The number of carbonyl (C=O) groups excluding carboxylic acids is 2. The van der Waals surface area contributed by atoms with Crippen LogP contribution in [0.3, 0.4) is 0 Å². The number of carbonyl (C=O) groups is 2. The summed E-state index contributed by atoms with van der Waals surface area (Å²) in [6, 6.07) is 9.57. The maximum absolute atomic E-state index is 12.1. The van der Waals surface area contributed by atoms with E-state index in [0.717, 1.165) is 5.56 Å². The lowest BCUT2D eigenvalue weighted by atomic mass is 9.86. The number of cyclic esters (lactones) is 2. The summed E-state index contributed by atoms with van der Waals surface area (Å²) in [4.78, 5) is 24.2. The van der Waals surface area contributed by atoms with Crippen LogP contribution in [0, 0.1) is 5.41 Å². The Bertz CT molecular complexity index is 613. The lowest BCUT2D eigenvalue weighted by Gasteiger charge is -2.42. The third-order valence-electron chi connectivity index (χ3n) is 3.73. The fourth-order valence-corrected chi connectivity index (χ4v) is 1.83. The van der Waals surface area contributed by atoms with Crippen LogP contribution in [0.25, 0.3) is 6.08 Å². The molecule has 1 aliphatic rings. The average Bonchev–Trinajstić information content (AvgIpc) is 2.42. The number of benzene rings is 1. The van der Waals surface area contributed by atoms with Gasteiger partial charge in [0.2, 0.25) is 0 Å². The fourth-order valence-electron chi connectivity index (χ4n) is 1.83. The topological polar surface area (TPSA) is 52.6 Å². The van der Waals surface area contributed by atoms with E-state index in [2.05, 4.69) is 0 Å². The summed E-state index contributed by atoms with van der Waals surface area (Å²) in [7, 11) is 0. The van der Waals surface area contributed by atoms with Gasteiger partial charge in [0.25, 0.3) is 5.79 Å². The second kappa shape index (κ2) is 5.79. The zero-order chi connectivity index (χ0) is 16.4. The van der Waals surface area contributed by atoms with Crippen LogP contribution in [0.2, 0.25) is 0 Å². The average molecular weight is 300 g/mol. The Labute approximate surface area is 130 Å². The highest BCUT2D eigenvalue weighted by molar-refractivity contribution is 6.15. The SMILES string of the molecule is CC(C)(C)C1(C)OC(=O)C(=CC=Cc2ccccc2)C(=O)O1. The van der Waals surface area contributed by atoms with E-state index in [1.165, 1.54) is 6.08 Å². The maximum atomic E-state index is 12.1. The first-order valence-corrected chi connectivity index (χ1v) is 7.13. The molecule has 22 heavy (non-hydrogen) atoms. The molecule has 2 rings (SSSR count). The Morgan fingerprint density at radius 3 is 2.05 bits per heavy atom. The lowest BCUT2D eigenvalue weighted by molar-refractivity contribution is -0.261. The summed E-state index contributed by atoms with van der Waals surface area (Å²) in [6.45, 7) is 7.13. The Morgan fingerprint density at radius 2 is 1.55 bits per heavy atom. The summed E-state index contributed by atoms with van der Waals surface area (Å²) < 4.78 is 10.7. The minimum absolute atomic E-state index is 0.103. The molecule has 0 atom stereocenters. The molecule has 1 fully saturated rings. The molecular weight excluding hydrogens is 280 g/mol. The number of hydrogen-bond acceptors (Lipinski definition) is 4. The molecular formula is C18H20O4. The monoisotopic (exact) mass is 300 g/mol. The van der Waals surface area contributed by atoms with E-state index in [9.17, 15) is 9.59 Å². The summed E-state index contributed by atoms with van der Waals surface area (Å²) >= 11 is 0. The van der Waals surface area contributed by atoms with Crippen LogP contribution in [-0.2, 0) is 19.1 Å². The van der Waals surface area contributed by atoms with E-state index in [1.54, 1.807) is 19.1 Å². The smallest absolute Gasteiger partial charge is 0.348 e. The zero-order valence-electron chi connectivity index (χ0n) is 13.3. The van der Waals surface area contributed by atoms with Crippen LogP contribution in [0.5, 0.6) is 0 Å². The molecule has 0 aromatic heterocycles. The van der Waals surface area contributed by atoms with Gasteiger partial charge in [0.05, 0.1) is 0 Å². The van der Waals surface area contributed by atoms with Gasteiger partial charge in [-0.25, -0.2) is 9.59 Å². The highest BCUT2D eigenvalue weighted by atomic mass is 16.7. The fraction of sp³-hybridized carbons (Fsp3) is 0.333. The van der Waals surface area contributed by atoms with Crippen molar-refractivity contribution in [2.75, 3.05) is 0 Å². The van der Waals surface area contributed by atoms with Gasteiger partial charge in [0.15, 0.2) is 0 Å². The third kappa shape index (κ3) is 3.27. The molecule has 4 heteroatoms. The van der Waals surface area contributed by atoms with Crippen molar-refractivity contribution in [2.45, 2.75) is 33.5 Å². The number of hydrogen-bond donors (Lipinski definition) is 0. The normalized spacial score (nSPS) is 22.5. The minimum Gasteiger partial charge on any atom is -0.418 e. The van der Waals surface area contributed by atoms with Gasteiger partial charge < -0.3 is 9.47 Å². The van der Waals surface area contributed by atoms with Crippen LogP contribution in [-0.4, -0.2) is 17.7 Å². The van der Waals surface area contributed by atoms with Crippen molar-refractivity contribution in [3.8, 4) is 0 Å². The van der Waals surface area contributed by atoms with Crippen molar-refractivity contribution in [2.24, 2.45) is 5.41 Å². The molecule has 1 heterocycles. The van der Waals surface area contributed by atoms with Gasteiger partial charge in [-0.1, -0.05) is 63.3 Å². The largest absolute Gasteiger partial charge is 0.418 e. The first kappa shape index (κ1) is 16.0. The quantitative estimate of drug-likeness (QED) is 0.476. The van der Waals surface area contributed by atoms with Gasteiger partial charge >= 0.3 is 11.9 Å². The molecule has 1 aromatic rings. The van der Waals surface area contributed by atoms with Crippen molar-refractivity contribution >= 4 is 18.0 Å². The summed E-state index contributed by atoms with van der Waals surface area (Å²) in [6.07, 6.45) is 4.85. The third-order valence-corrected chi connectivity index (χ3v) is 3.73. The van der Waals surface area contributed by atoms with Gasteiger partial charge in [0, 0.05) is 12.3 Å². The van der Waals surface area contributed by atoms with Crippen molar-refractivity contribution in [3.05, 3.63) is 53.6 Å². The van der Waals surface area contributed by atoms with E-state index >= 15 is 0 Å². The van der Waals surface area contributed by atoms with Crippen molar-refractivity contribution in [3.63, 3.8) is 0 Å². The standard InChI is InChI=1S/C18H20O4/c1-17(2,3)18(4)21-15(19)14(16(20)22-18)12-8-11-13-9-6-5-7-10-13/h5-12H,1-4H3. The highest BCUT2D eigenvalue weighted by Gasteiger charge is 2.50. The van der Waals surface area contributed by atoms with E-state index in [1.807, 2.05) is 51.1 Å². The van der Waals surface area contributed by atoms with E-state index in [-0.39, 0.29) is 5.57 Å². The van der Waals surface area contributed by atoms with Crippen molar-refractivity contribution < 1.29 is 19.1 Å². The maximum Gasteiger partial charge on any atom is 0.348 e. The number of allylic oxidation sites excluding steroid dienone is 2. The van der Waals surface area contributed by atoms with Gasteiger partial charge in [-0.3, -0.25) is 0 Å². The Balaban J connectivity index is 2.18. The highest BCUT2D eigenvalue weighted by Crippen LogP contribution is 2.38. The van der Waals surface area contributed by atoms with Gasteiger partial charge in [-0.05, 0) is 11.6 Å². The molecule has 1 aromatic carbocycles. The van der Waals surface area contributed by atoms with E-state index in [0.29, 0.717) is 0 Å². The minimum atomic E-state index is -1.26. The molecule has 0 unspecified atom stereocenters. The molecule has 0 amide bonds. The summed E-state index contributed by atoms with van der Waals surface area (Å²) in [5.74, 6) is -2.58. The van der Waals surface area contributed by atoms with Crippen LogP contribution in [0.1, 0.15) is 33.3 Å². The van der Waals surface area contributed by atoms with Gasteiger partial charge in [0.1, 0.15) is 5.57 Å². The summed E-state index contributed by atoms with van der Waals surface area (Å²) in [5.41, 5.74) is 0.356. The molecule has 0 N–H and O–H groups in total. The van der Waals surface area contributed by atoms with Crippen LogP contribution >= 0.6 is 0 Å². The molecule has 1 aliphatic heterocycles. The molecule has 0 bridgehead atoms. The molecule has 1 saturated heterocycles. The Kier molecular flexibility index (Phi) is 4.22. The first-order chi connectivity index (χ1) is 10.2. The van der Waals surface area contributed by atoms with Crippen LogP contribution in [0.4, 0.5) is 0 Å². The first-order valence-electron chi connectivity index (χ1n) is 7.13. The van der Waals surface area contributed by atoms with Crippen LogP contribution < -0.4 is 0 Å². The predicted octanol–water partition coefficient (Wildman–Crippen LogP) is 3.49. The Morgan fingerprint density at radius 1 is 1.00 bits per heavy atom. The zero-order valence-corrected chi connectivity index (χ0v) is 13.3. The second-order valence-corrected chi connectivity index (χ2v) is 6.32. The van der Waals surface area contributed by atoms with Crippen LogP contribution in [0.15, 0.2) is 48.1 Å². The van der Waals surface area contributed by atoms with Crippen molar-refractivity contribution in [1.29, 1.82) is 0 Å². The van der Waals surface area contributed by atoms with Gasteiger partial charge in [-0.15, -0.1) is 0 Å². The second-order valence-electron chi connectivity index (χ2n) is 6.32. The molecule has 116 valence electrons. The Hall–Kier alpha value is -2.36. The number of esters is 2. The summed E-state index contributed by atoms with van der Waals surface area (Å²) in [5, 5.41) is 0. The molecule has 0 spiro atoms. The molecule has 0 saturated carbocycles.